The number of nitrogens with zero attached hydrogens (tertiary/aromatic N) is 1. The molecule has 3 N–H and O–H groups in total. The monoisotopic (exact) mass is 519 g/mol. The number of unbranched alkanes of at least 4 members (excludes halogenated alkanes) is 4. The van der Waals surface area contributed by atoms with Crippen LogP contribution in [0.5, 0.6) is 0 Å². The number of nitrogens with one attached hydrogen (secondary N) is 2. The summed E-state index contributed by atoms with van der Waals surface area (Å²) in [5, 5.41) is 15.6. The van der Waals surface area contributed by atoms with Crippen molar-refractivity contribution in [1.29, 1.82) is 0 Å². The lowest BCUT2D eigenvalue weighted by atomic mass is 10.00. The predicted octanol–water partition coefficient (Wildman–Crippen LogP) is 5.03. The van der Waals surface area contributed by atoms with Crippen molar-refractivity contribution in [3.63, 3.8) is 0 Å². The summed E-state index contributed by atoms with van der Waals surface area (Å²) in [4.78, 5) is 41.4. The molecular formula is C29H49N3O5. The van der Waals surface area contributed by atoms with Gasteiger partial charge in [0.15, 0.2) is 0 Å². The number of carbonyl (C=O) groups is 3. The van der Waals surface area contributed by atoms with E-state index in [0.29, 0.717) is 18.5 Å². The number of hydrogen-bond donors (Lipinski definition) is 3. The summed E-state index contributed by atoms with van der Waals surface area (Å²) < 4.78 is 5.30. The molecule has 8 nitrogen and oxygen atoms in total. The fraction of sp³-hybridized carbons (Fsp3) is 0.690. The first-order valence-electron chi connectivity index (χ1n) is 13.7. The topological polar surface area (TPSA) is 108 Å². The van der Waals surface area contributed by atoms with E-state index in [1.54, 1.807) is 20.8 Å². The van der Waals surface area contributed by atoms with Crippen LogP contribution in [-0.2, 0) is 14.3 Å². The fourth-order valence-corrected chi connectivity index (χ4v) is 4.14. The van der Waals surface area contributed by atoms with Crippen LogP contribution in [0.25, 0.3) is 0 Å². The molecule has 0 radical (unpaired) electrons. The molecule has 210 valence electrons. The molecule has 0 saturated heterocycles. The maximum atomic E-state index is 13.8. The molecule has 1 aromatic rings. The lowest BCUT2D eigenvalue weighted by Gasteiger charge is -2.35. The van der Waals surface area contributed by atoms with E-state index in [2.05, 4.69) is 24.5 Å². The van der Waals surface area contributed by atoms with Crippen LogP contribution in [0.3, 0.4) is 0 Å². The zero-order valence-corrected chi connectivity index (χ0v) is 23.9. The molecule has 1 aromatic carbocycles. The average Bonchev–Trinajstić information content (AvgIpc) is 2.81. The maximum Gasteiger partial charge on any atom is 0.408 e. The second-order valence-electron chi connectivity index (χ2n) is 10.8. The molecule has 3 atom stereocenters. The molecule has 0 aliphatic heterocycles. The number of carbonyl (C=O) groups excluding carboxylic acids is 3. The average molecular weight is 520 g/mol. The number of amides is 3. The highest BCUT2D eigenvalue weighted by Crippen LogP contribution is 2.25. The van der Waals surface area contributed by atoms with Gasteiger partial charge in [0.05, 0.1) is 6.61 Å². The third-order valence-corrected chi connectivity index (χ3v) is 6.02. The van der Waals surface area contributed by atoms with Gasteiger partial charge in [-0.3, -0.25) is 9.59 Å². The van der Waals surface area contributed by atoms with Crippen LogP contribution < -0.4 is 10.6 Å². The van der Waals surface area contributed by atoms with Crippen LogP contribution >= 0.6 is 0 Å². The number of aryl methyl sites for hydroxylation is 1. The van der Waals surface area contributed by atoms with Gasteiger partial charge in [0, 0.05) is 12.6 Å². The van der Waals surface area contributed by atoms with E-state index < -0.39 is 36.3 Å². The Kier molecular flexibility index (Phi) is 14.3. The maximum absolute atomic E-state index is 13.8. The number of alkyl carbamates (subject to hydrolysis) is 1. The largest absolute Gasteiger partial charge is 0.444 e. The Hall–Kier alpha value is -2.61. The Morgan fingerprint density at radius 2 is 1.59 bits per heavy atom. The molecule has 0 saturated carbocycles. The molecule has 0 aliphatic rings. The van der Waals surface area contributed by atoms with Crippen molar-refractivity contribution in [2.75, 3.05) is 13.2 Å². The lowest BCUT2D eigenvalue weighted by molar-refractivity contribution is -0.143. The van der Waals surface area contributed by atoms with E-state index in [0.717, 1.165) is 44.1 Å². The highest BCUT2D eigenvalue weighted by Gasteiger charge is 2.36. The van der Waals surface area contributed by atoms with Crippen molar-refractivity contribution >= 4 is 17.9 Å². The van der Waals surface area contributed by atoms with Crippen LogP contribution in [0.4, 0.5) is 4.79 Å². The molecule has 1 rings (SSSR count). The standard InChI is InChI=1S/C29H49N3O5/c1-8-10-11-12-13-19-32(27(35)24(20-33)31-28(36)37-29(5,6)7)25(23-17-15-21(3)16-18-23)26(34)30-22(4)14-9-2/h15-18,22,24-25,33H,8-14,19-20H2,1-7H3,(H,30,34)(H,31,36). The van der Waals surface area contributed by atoms with Crippen LogP contribution in [0.15, 0.2) is 24.3 Å². The van der Waals surface area contributed by atoms with Gasteiger partial charge in [0.2, 0.25) is 11.8 Å². The Morgan fingerprint density at radius 1 is 0.973 bits per heavy atom. The number of benzene rings is 1. The molecule has 0 spiro atoms. The van der Waals surface area contributed by atoms with Crippen molar-refractivity contribution in [2.45, 2.75) is 117 Å². The summed E-state index contributed by atoms with van der Waals surface area (Å²) >= 11 is 0. The quantitative estimate of drug-likeness (QED) is 0.282. The molecule has 0 fully saturated rings. The van der Waals surface area contributed by atoms with Crippen LogP contribution in [0, 0.1) is 6.92 Å². The predicted molar refractivity (Wildman–Crippen MR) is 147 cm³/mol. The highest BCUT2D eigenvalue weighted by atomic mass is 16.6. The number of rotatable bonds is 15. The van der Waals surface area contributed by atoms with Crippen LogP contribution in [0.2, 0.25) is 0 Å². The molecule has 0 bridgehead atoms. The van der Waals surface area contributed by atoms with Crippen LogP contribution in [0.1, 0.15) is 104 Å². The number of aliphatic hydroxyl groups is 1. The second kappa shape index (κ2) is 16.3. The van der Waals surface area contributed by atoms with Gasteiger partial charge in [-0.25, -0.2) is 4.79 Å². The molecule has 0 aliphatic carbocycles. The first-order valence-corrected chi connectivity index (χ1v) is 13.7. The van der Waals surface area contributed by atoms with E-state index in [1.165, 1.54) is 4.90 Å². The normalized spacial score (nSPS) is 13.8. The minimum atomic E-state index is -1.24. The van der Waals surface area contributed by atoms with Gasteiger partial charge >= 0.3 is 6.09 Å². The second-order valence-corrected chi connectivity index (χ2v) is 10.8. The molecule has 0 heterocycles. The Bertz CT molecular complexity index is 835. The molecule has 3 unspecified atom stereocenters. The first kappa shape index (κ1) is 32.4. The van der Waals surface area contributed by atoms with Crippen molar-refractivity contribution in [1.82, 2.24) is 15.5 Å². The van der Waals surface area contributed by atoms with Crippen molar-refractivity contribution in [2.24, 2.45) is 0 Å². The fourth-order valence-electron chi connectivity index (χ4n) is 4.14. The zero-order chi connectivity index (χ0) is 28.0. The van der Waals surface area contributed by atoms with Crippen molar-refractivity contribution < 1.29 is 24.2 Å². The third-order valence-electron chi connectivity index (χ3n) is 6.02. The summed E-state index contributed by atoms with van der Waals surface area (Å²) in [5.74, 6) is -0.798. The first-order chi connectivity index (χ1) is 17.4. The van der Waals surface area contributed by atoms with E-state index in [-0.39, 0.29) is 11.9 Å². The summed E-state index contributed by atoms with van der Waals surface area (Å²) in [5.41, 5.74) is 0.966. The van der Waals surface area contributed by atoms with Crippen molar-refractivity contribution in [3.05, 3.63) is 35.4 Å². The molecule has 8 heteroatoms. The summed E-state index contributed by atoms with van der Waals surface area (Å²) in [7, 11) is 0. The summed E-state index contributed by atoms with van der Waals surface area (Å²) in [6, 6.07) is 5.36. The van der Waals surface area contributed by atoms with Crippen LogP contribution in [-0.4, -0.2) is 58.8 Å². The highest BCUT2D eigenvalue weighted by molar-refractivity contribution is 5.92. The van der Waals surface area contributed by atoms with Crippen molar-refractivity contribution in [3.8, 4) is 0 Å². The van der Waals surface area contributed by atoms with Gasteiger partial charge in [-0.05, 0) is 53.0 Å². The molecule has 3 amide bonds. The number of ether oxygens (including phenoxy) is 1. The van der Waals surface area contributed by atoms with Gasteiger partial charge in [0.1, 0.15) is 17.7 Å². The Morgan fingerprint density at radius 3 is 2.14 bits per heavy atom. The number of aliphatic hydroxyl groups excluding tert-OH is 1. The SMILES string of the molecule is CCCCCCCN(C(=O)C(CO)NC(=O)OC(C)(C)C)C(C(=O)NC(C)CCC)c1ccc(C)cc1. The zero-order valence-electron chi connectivity index (χ0n) is 23.9. The Labute approximate surface area is 223 Å². The summed E-state index contributed by atoms with van der Waals surface area (Å²) in [6.45, 7) is 13.0. The third kappa shape index (κ3) is 12.0. The minimum absolute atomic E-state index is 0.0551. The van der Waals surface area contributed by atoms with E-state index >= 15 is 0 Å². The van der Waals surface area contributed by atoms with E-state index in [4.69, 9.17) is 4.74 Å². The summed E-state index contributed by atoms with van der Waals surface area (Å²) in [6.07, 6.45) is 5.79. The van der Waals surface area contributed by atoms with Gasteiger partial charge in [0.25, 0.3) is 0 Å². The Balaban J connectivity index is 3.35. The minimum Gasteiger partial charge on any atom is -0.444 e. The lowest BCUT2D eigenvalue weighted by Crippen LogP contribution is -2.55. The number of hydrogen-bond acceptors (Lipinski definition) is 5. The van der Waals surface area contributed by atoms with E-state index in [9.17, 15) is 19.5 Å². The van der Waals surface area contributed by atoms with Gasteiger partial charge in [-0.15, -0.1) is 0 Å². The van der Waals surface area contributed by atoms with Gasteiger partial charge in [-0.1, -0.05) is 75.8 Å². The molecular weight excluding hydrogens is 470 g/mol. The smallest absolute Gasteiger partial charge is 0.408 e. The van der Waals surface area contributed by atoms with Gasteiger partial charge < -0.3 is 25.4 Å². The van der Waals surface area contributed by atoms with E-state index in [1.807, 2.05) is 38.1 Å². The molecule has 0 aromatic heterocycles. The molecule has 37 heavy (non-hydrogen) atoms. The van der Waals surface area contributed by atoms with Gasteiger partial charge in [-0.2, -0.15) is 0 Å².